The number of nitrogens with one attached hydrogen (secondary N) is 1. The van der Waals surface area contributed by atoms with Crippen LogP contribution < -0.4 is 10.1 Å². The van der Waals surface area contributed by atoms with Crippen LogP contribution in [0.3, 0.4) is 0 Å². The van der Waals surface area contributed by atoms with Gasteiger partial charge in [-0.2, -0.15) is 0 Å². The van der Waals surface area contributed by atoms with Crippen LogP contribution in [-0.2, 0) is 6.54 Å². The van der Waals surface area contributed by atoms with E-state index in [1.54, 1.807) is 18.2 Å². The predicted molar refractivity (Wildman–Crippen MR) is 76.3 cm³/mol. The van der Waals surface area contributed by atoms with Gasteiger partial charge in [0.05, 0.1) is 12.8 Å². The van der Waals surface area contributed by atoms with Crippen molar-refractivity contribution in [2.45, 2.75) is 13.5 Å². The second-order valence-electron chi connectivity index (χ2n) is 4.20. The molecule has 1 aromatic heterocycles. The molecule has 0 saturated carbocycles. The third kappa shape index (κ3) is 3.08. The third-order valence-corrected chi connectivity index (χ3v) is 3.95. The molecule has 6 heteroatoms. The molecule has 0 spiro atoms. The summed E-state index contributed by atoms with van der Waals surface area (Å²) < 4.78 is 18.7. The van der Waals surface area contributed by atoms with E-state index in [2.05, 4.69) is 5.32 Å². The number of carboxylic acid groups (broad SMARTS) is 1. The van der Waals surface area contributed by atoms with Crippen molar-refractivity contribution in [2.24, 2.45) is 0 Å². The second-order valence-corrected chi connectivity index (χ2v) is 5.45. The molecule has 2 rings (SSSR count). The van der Waals surface area contributed by atoms with Crippen LogP contribution in [0.2, 0.25) is 0 Å². The second kappa shape index (κ2) is 5.92. The van der Waals surface area contributed by atoms with Crippen LogP contribution in [-0.4, -0.2) is 18.2 Å². The van der Waals surface area contributed by atoms with Crippen molar-refractivity contribution in [3.63, 3.8) is 0 Å². The van der Waals surface area contributed by atoms with Gasteiger partial charge in [0.15, 0.2) is 0 Å². The Morgan fingerprint density at radius 1 is 1.45 bits per heavy atom. The summed E-state index contributed by atoms with van der Waals surface area (Å²) in [5.41, 5.74) is 1.17. The van der Waals surface area contributed by atoms with E-state index < -0.39 is 5.97 Å². The SMILES string of the molecule is COc1ccc(F)c(NCc2cc(C(=O)O)sc2C)c1. The van der Waals surface area contributed by atoms with E-state index in [4.69, 9.17) is 9.84 Å². The number of halogens is 1. The first-order chi connectivity index (χ1) is 9.51. The van der Waals surface area contributed by atoms with Gasteiger partial charge in [0.25, 0.3) is 0 Å². The molecule has 0 aliphatic rings. The van der Waals surface area contributed by atoms with E-state index in [0.29, 0.717) is 18.0 Å². The van der Waals surface area contributed by atoms with Gasteiger partial charge in [-0.25, -0.2) is 9.18 Å². The summed E-state index contributed by atoms with van der Waals surface area (Å²) >= 11 is 1.21. The van der Waals surface area contributed by atoms with E-state index in [0.717, 1.165) is 10.4 Å². The lowest BCUT2D eigenvalue weighted by Gasteiger charge is -2.09. The highest BCUT2D eigenvalue weighted by Gasteiger charge is 2.11. The summed E-state index contributed by atoms with van der Waals surface area (Å²) in [6, 6.07) is 6.03. The molecular weight excluding hydrogens is 281 g/mol. The lowest BCUT2D eigenvalue weighted by molar-refractivity contribution is 0.0702. The summed E-state index contributed by atoms with van der Waals surface area (Å²) in [5.74, 6) is -0.767. The molecule has 106 valence electrons. The molecular formula is C14H14FNO3S. The van der Waals surface area contributed by atoms with Crippen LogP contribution in [0.25, 0.3) is 0 Å². The zero-order valence-corrected chi connectivity index (χ0v) is 11.9. The van der Waals surface area contributed by atoms with Crippen molar-refractivity contribution in [2.75, 3.05) is 12.4 Å². The zero-order chi connectivity index (χ0) is 14.7. The number of benzene rings is 1. The topological polar surface area (TPSA) is 58.6 Å². The highest BCUT2D eigenvalue weighted by atomic mass is 32.1. The first kappa shape index (κ1) is 14.3. The van der Waals surface area contributed by atoms with Gasteiger partial charge in [-0.1, -0.05) is 0 Å². The molecule has 0 bridgehead atoms. The Hall–Kier alpha value is -2.08. The Labute approximate surface area is 119 Å². The number of methoxy groups -OCH3 is 1. The molecule has 0 aliphatic carbocycles. The molecule has 0 aliphatic heterocycles. The molecule has 2 aromatic rings. The van der Waals surface area contributed by atoms with Gasteiger partial charge >= 0.3 is 5.97 Å². The highest BCUT2D eigenvalue weighted by molar-refractivity contribution is 7.14. The number of hydrogen-bond acceptors (Lipinski definition) is 4. The molecule has 0 atom stereocenters. The molecule has 20 heavy (non-hydrogen) atoms. The van der Waals surface area contributed by atoms with E-state index in [1.165, 1.54) is 24.5 Å². The summed E-state index contributed by atoms with van der Waals surface area (Å²) in [6.45, 7) is 2.20. The molecule has 4 nitrogen and oxygen atoms in total. The predicted octanol–water partition coefficient (Wildman–Crippen LogP) is 3.51. The van der Waals surface area contributed by atoms with Crippen LogP contribution in [0.5, 0.6) is 5.75 Å². The van der Waals surface area contributed by atoms with Gasteiger partial charge in [-0.3, -0.25) is 0 Å². The molecule has 1 aromatic carbocycles. The normalized spacial score (nSPS) is 10.3. The van der Waals surface area contributed by atoms with Gasteiger partial charge < -0.3 is 15.2 Å². The number of aromatic carboxylic acids is 1. The van der Waals surface area contributed by atoms with E-state index >= 15 is 0 Å². The minimum absolute atomic E-state index is 0.283. The lowest BCUT2D eigenvalue weighted by Crippen LogP contribution is -2.02. The monoisotopic (exact) mass is 295 g/mol. The fourth-order valence-corrected chi connectivity index (χ4v) is 2.64. The lowest BCUT2D eigenvalue weighted by atomic mass is 10.2. The average Bonchev–Trinajstić information content (AvgIpc) is 2.79. The van der Waals surface area contributed by atoms with Gasteiger partial charge in [0, 0.05) is 17.5 Å². The first-order valence-corrected chi connectivity index (χ1v) is 6.73. The largest absolute Gasteiger partial charge is 0.497 e. The molecule has 0 saturated heterocycles. The van der Waals surface area contributed by atoms with Crippen molar-refractivity contribution in [1.82, 2.24) is 0 Å². The standard InChI is InChI=1S/C14H14FNO3S/c1-8-9(5-13(20-8)14(17)18)7-16-12-6-10(19-2)3-4-11(12)15/h3-6,16H,7H2,1-2H3,(H,17,18). The Morgan fingerprint density at radius 3 is 2.80 bits per heavy atom. The molecule has 0 unspecified atom stereocenters. The Morgan fingerprint density at radius 2 is 2.20 bits per heavy atom. The average molecular weight is 295 g/mol. The fraction of sp³-hybridized carbons (Fsp3) is 0.214. The van der Waals surface area contributed by atoms with Gasteiger partial charge in [-0.15, -0.1) is 11.3 Å². The number of thiophene rings is 1. The Bertz CT molecular complexity index is 639. The van der Waals surface area contributed by atoms with Gasteiger partial charge in [-0.05, 0) is 30.7 Å². The molecule has 2 N–H and O–H groups in total. The van der Waals surface area contributed by atoms with Crippen molar-refractivity contribution in [3.8, 4) is 5.75 Å². The number of rotatable bonds is 5. The summed E-state index contributed by atoms with van der Waals surface area (Å²) in [7, 11) is 1.51. The van der Waals surface area contributed by atoms with E-state index in [-0.39, 0.29) is 10.7 Å². The van der Waals surface area contributed by atoms with Crippen molar-refractivity contribution in [3.05, 3.63) is 45.4 Å². The van der Waals surface area contributed by atoms with Crippen LogP contribution in [0.1, 0.15) is 20.1 Å². The number of anilines is 1. The van der Waals surface area contributed by atoms with Crippen molar-refractivity contribution in [1.29, 1.82) is 0 Å². The molecule has 0 amide bonds. The molecule has 0 fully saturated rings. The number of carbonyl (C=O) groups is 1. The highest BCUT2D eigenvalue weighted by Crippen LogP contribution is 2.25. The fourth-order valence-electron chi connectivity index (χ4n) is 1.76. The number of ether oxygens (including phenoxy) is 1. The summed E-state index contributed by atoms with van der Waals surface area (Å²) in [6.07, 6.45) is 0. The quantitative estimate of drug-likeness (QED) is 0.886. The van der Waals surface area contributed by atoms with Crippen LogP contribution in [0.15, 0.2) is 24.3 Å². The first-order valence-electron chi connectivity index (χ1n) is 5.91. The van der Waals surface area contributed by atoms with Crippen LogP contribution >= 0.6 is 11.3 Å². The smallest absolute Gasteiger partial charge is 0.345 e. The maximum Gasteiger partial charge on any atom is 0.345 e. The van der Waals surface area contributed by atoms with Crippen LogP contribution in [0.4, 0.5) is 10.1 Å². The molecule has 1 heterocycles. The summed E-state index contributed by atoms with van der Waals surface area (Å²) in [4.78, 5) is 12.1. The van der Waals surface area contributed by atoms with Crippen molar-refractivity contribution >= 4 is 23.0 Å². The van der Waals surface area contributed by atoms with Gasteiger partial charge in [0.2, 0.25) is 0 Å². The maximum atomic E-state index is 13.6. The number of carboxylic acids is 1. The Kier molecular flexibility index (Phi) is 4.24. The van der Waals surface area contributed by atoms with Crippen LogP contribution in [0, 0.1) is 12.7 Å². The van der Waals surface area contributed by atoms with E-state index in [9.17, 15) is 9.18 Å². The maximum absolute atomic E-state index is 13.6. The Balaban J connectivity index is 2.14. The minimum atomic E-state index is -0.947. The number of aryl methyl sites for hydroxylation is 1. The van der Waals surface area contributed by atoms with Crippen molar-refractivity contribution < 1.29 is 19.0 Å². The zero-order valence-electron chi connectivity index (χ0n) is 11.1. The molecule has 0 radical (unpaired) electrons. The number of hydrogen-bond donors (Lipinski definition) is 2. The summed E-state index contributed by atoms with van der Waals surface area (Å²) in [5, 5.41) is 11.9. The minimum Gasteiger partial charge on any atom is -0.497 e. The third-order valence-electron chi connectivity index (χ3n) is 2.87. The van der Waals surface area contributed by atoms with E-state index in [1.807, 2.05) is 6.92 Å². The van der Waals surface area contributed by atoms with Gasteiger partial charge in [0.1, 0.15) is 16.4 Å².